The van der Waals surface area contributed by atoms with Crippen LogP contribution in [0.3, 0.4) is 0 Å². The molecule has 2 heteroatoms. The van der Waals surface area contributed by atoms with E-state index >= 15 is 0 Å². The van der Waals surface area contributed by atoms with Gasteiger partial charge < -0.3 is 0 Å². The average Bonchev–Trinajstić information content (AvgIpc) is 1.98. The van der Waals surface area contributed by atoms with Crippen molar-refractivity contribution in [3.05, 3.63) is 23.8 Å². The van der Waals surface area contributed by atoms with Crippen molar-refractivity contribution in [2.45, 2.75) is 19.8 Å². The summed E-state index contributed by atoms with van der Waals surface area (Å²) in [7, 11) is 0. The van der Waals surface area contributed by atoms with E-state index in [1.165, 1.54) is 12.2 Å². The lowest BCUT2D eigenvalue weighted by atomic mass is 9.98. The summed E-state index contributed by atoms with van der Waals surface area (Å²) in [5.41, 5.74) is 0.639. The van der Waals surface area contributed by atoms with Gasteiger partial charge >= 0.3 is 0 Å². The van der Waals surface area contributed by atoms with Gasteiger partial charge in [-0.15, -0.1) is 0 Å². The second-order valence-corrected chi connectivity index (χ2v) is 2.48. The highest BCUT2D eigenvalue weighted by Crippen LogP contribution is 2.11. The van der Waals surface area contributed by atoms with Crippen molar-refractivity contribution < 1.29 is 9.59 Å². The van der Waals surface area contributed by atoms with Crippen LogP contribution in [-0.4, -0.2) is 11.6 Å². The summed E-state index contributed by atoms with van der Waals surface area (Å²) in [6.45, 7) is 1.95. The maximum Gasteiger partial charge on any atom is 0.182 e. The number of hydrogen-bond acceptors (Lipinski definition) is 2. The number of hydrogen-bond donors (Lipinski definition) is 0. The highest BCUT2D eigenvalue weighted by Gasteiger charge is 2.14. The Labute approximate surface area is 65.6 Å². The first-order valence-electron chi connectivity index (χ1n) is 3.68. The van der Waals surface area contributed by atoms with E-state index in [9.17, 15) is 9.59 Å². The van der Waals surface area contributed by atoms with Crippen LogP contribution in [0.4, 0.5) is 0 Å². The molecule has 0 N–H and O–H groups in total. The van der Waals surface area contributed by atoms with Crippen LogP contribution in [0.15, 0.2) is 23.8 Å². The Balaban J connectivity index is 2.84. The molecule has 0 spiro atoms. The summed E-state index contributed by atoms with van der Waals surface area (Å²) >= 11 is 0. The fraction of sp³-hybridized carbons (Fsp3) is 0.333. The Morgan fingerprint density at radius 2 is 2.18 bits per heavy atom. The van der Waals surface area contributed by atoms with E-state index in [0.29, 0.717) is 5.57 Å². The normalized spacial score (nSPS) is 21.4. The Bertz CT molecular complexity index is 246. The minimum Gasteiger partial charge on any atom is -0.294 e. The van der Waals surface area contributed by atoms with Gasteiger partial charge in [-0.25, -0.2) is 0 Å². The van der Waals surface area contributed by atoms with Gasteiger partial charge in [0.15, 0.2) is 11.6 Å². The number of carbonyl (C=O) groups is 2. The molecule has 11 heavy (non-hydrogen) atoms. The Hall–Kier alpha value is -1.18. The number of allylic oxidation sites excluding steroid dienone is 4. The molecule has 1 rings (SSSR count). The number of rotatable bonds is 1. The fourth-order valence-electron chi connectivity index (χ4n) is 1.03. The van der Waals surface area contributed by atoms with Gasteiger partial charge in [0.1, 0.15) is 0 Å². The highest BCUT2D eigenvalue weighted by atomic mass is 16.1. The maximum atomic E-state index is 11.0. The highest BCUT2D eigenvalue weighted by molar-refractivity contribution is 6.14. The summed E-state index contributed by atoms with van der Waals surface area (Å²) in [6.07, 6.45) is 5.58. The predicted molar refractivity (Wildman–Crippen MR) is 42.1 cm³/mol. The van der Waals surface area contributed by atoms with Gasteiger partial charge in [-0.1, -0.05) is 13.0 Å². The first kappa shape index (κ1) is 7.92. The van der Waals surface area contributed by atoms with E-state index in [2.05, 4.69) is 0 Å². The van der Waals surface area contributed by atoms with Gasteiger partial charge in [0.25, 0.3) is 0 Å². The lowest BCUT2D eigenvalue weighted by Gasteiger charge is -2.04. The SMILES string of the molecule is CCC=C1CC(=O)C=CC1=O. The van der Waals surface area contributed by atoms with Crippen LogP contribution in [0, 0.1) is 0 Å². The third-order valence-electron chi connectivity index (χ3n) is 1.55. The second-order valence-electron chi connectivity index (χ2n) is 2.48. The van der Waals surface area contributed by atoms with Gasteiger partial charge in [-0.2, -0.15) is 0 Å². The van der Waals surface area contributed by atoms with Crippen LogP contribution in [0.2, 0.25) is 0 Å². The Kier molecular flexibility index (Phi) is 2.36. The fourth-order valence-corrected chi connectivity index (χ4v) is 1.03. The lowest BCUT2D eigenvalue weighted by Crippen LogP contribution is -2.10. The molecular weight excluding hydrogens is 140 g/mol. The molecule has 1 aliphatic carbocycles. The summed E-state index contributed by atoms with van der Waals surface area (Å²) in [6, 6.07) is 0. The zero-order chi connectivity index (χ0) is 8.27. The van der Waals surface area contributed by atoms with Crippen molar-refractivity contribution in [3.63, 3.8) is 0 Å². The first-order valence-corrected chi connectivity index (χ1v) is 3.68. The third-order valence-corrected chi connectivity index (χ3v) is 1.55. The van der Waals surface area contributed by atoms with E-state index in [1.54, 1.807) is 0 Å². The topological polar surface area (TPSA) is 34.1 Å². The minimum atomic E-state index is -0.0218. The van der Waals surface area contributed by atoms with E-state index in [1.807, 2.05) is 13.0 Å². The number of ketones is 2. The zero-order valence-corrected chi connectivity index (χ0v) is 6.46. The first-order chi connectivity index (χ1) is 5.24. The molecule has 1 aliphatic rings. The molecule has 0 fully saturated rings. The van der Waals surface area contributed by atoms with Gasteiger partial charge in [-0.3, -0.25) is 9.59 Å². The number of carbonyl (C=O) groups excluding carboxylic acids is 2. The summed E-state index contributed by atoms with van der Waals surface area (Å²) in [5.74, 6) is -0.00394. The Morgan fingerprint density at radius 3 is 2.82 bits per heavy atom. The summed E-state index contributed by atoms with van der Waals surface area (Å²) in [5, 5.41) is 0. The van der Waals surface area contributed by atoms with Crippen LogP contribution in [0.5, 0.6) is 0 Å². The van der Waals surface area contributed by atoms with Crippen molar-refractivity contribution >= 4 is 11.6 Å². The maximum absolute atomic E-state index is 11.0. The molecule has 0 aromatic carbocycles. The molecule has 58 valence electrons. The van der Waals surface area contributed by atoms with Gasteiger partial charge in [0.2, 0.25) is 0 Å². The van der Waals surface area contributed by atoms with Crippen LogP contribution in [0.1, 0.15) is 19.8 Å². The molecule has 0 heterocycles. The molecule has 0 unspecified atom stereocenters. The van der Waals surface area contributed by atoms with E-state index < -0.39 is 0 Å². The summed E-state index contributed by atoms with van der Waals surface area (Å²) < 4.78 is 0. The van der Waals surface area contributed by atoms with E-state index in [-0.39, 0.29) is 18.0 Å². The summed E-state index contributed by atoms with van der Waals surface area (Å²) in [4.78, 5) is 21.8. The van der Waals surface area contributed by atoms with Gasteiger partial charge in [-0.05, 0) is 18.6 Å². The van der Waals surface area contributed by atoms with Crippen molar-refractivity contribution in [2.24, 2.45) is 0 Å². The van der Waals surface area contributed by atoms with Crippen LogP contribution >= 0.6 is 0 Å². The molecule has 0 aliphatic heterocycles. The van der Waals surface area contributed by atoms with Crippen LogP contribution < -0.4 is 0 Å². The lowest BCUT2D eigenvalue weighted by molar-refractivity contribution is -0.118. The van der Waals surface area contributed by atoms with Gasteiger partial charge in [0, 0.05) is 12.0 Å². The van der Waals surface area contributed by atoms with Crippen LogP contribution in [0.25, 0.3) is 0 Å². The molecule has 0 saturated heterocycles. The second kappa shape index (κ2) is 3.28. The molecule has 0 atom stereocenters. The van der Waals surface area contributed by atoms with Crippen molar-refractivity contribution in [2.75, 3.05) is 0 Å². The molecule has 0 saturated carbocycles. The van der Waals surface area contributed by atoms with Gasteiger partial charge in [0.05, 0.1) is 0 Å². The van der Waals surface area contributed by atoms with Crippen molar-refractivity contribution in [1.29, 1.82) is 0 Å². The largest absolute Gasteiger partial charge is 0.294 e. The smallest absolute Gasteiger partial charge is 0.182 e. The molecule has 0 amide bonds. The van der Waals surface area contributed by atoms with E-state index in [4.69, 9.17) is 0 Å². The molecular formula is C9H10O2. The average molecular weight is 150 g/mol. The predicted octanol–water partition coefficient (Wildman–Crippen LogP) is 1.42. The standard InChI is InChI=1S/C9H10O2/c1-2-3-7-6-8(10)4-5-9(7)11/h3-5H,2,6H2,1H3. The minimum absolute atomic E-state index is 0.0179. The van der Waals surface area contributed by atoms with Crippen LogP contribution in [-0.2, 0) is 9.59 Å². The molecule has 2 nitrogen and oxygen atoms in total. The Morgan fingerprint density at radius 1 is 1.45 bits per heavy atom. The molecule has 0 aromatic rings. The zero-order valence-electron chi connectivity index (χ0n) is 6.46. The molecule has 0 aromatic heterocycles. The van der Waals surface area contributed by atoms with E-state index in [0.717, 1.165) is 6.42 Å². The van der Waals surface area contributed by atoms with Crippen molar-refractivity contribution in [1.82, 2.24) is 0 Å². The third kappa shape index (κ3) is 1.87. The van der Waals surface area contributed by atoms with Crippen molar-refractivity contribution in [3.8, 4) is 0 Å². The molecule has 0 bridgehead atoms. The molecule has 0 radical (unpaired) electrons. The monoisotopic (exact) mass is 150 g/mol. The quantitative estimate of drug-likeness (QED) is 0.530.